The average molecular weight is 361 g/mol. The van der Waals surface area contributed by atoms with E-state index in [0.717, 1.165) is 18.4 Å². The standard InChI is InChI=1S/C23H36O3/c1-5-6-7-8-9-10-14-17-26-22(25)18-21(19(2)24)23(3,4)20-15-12-11-13-16-20/h11-13,15-16,21H,5-10,14,17-18H2,1-4H3. The monoisotopic (exact) mass is 360 g/mol. The Bertz CT molecular complexity index is 534. The summed E-state index contributed by atoms with van der Waals surface area (Å²) in [6, 6.07) is 9.92. The van der Waals surface area contributed by atoms with Crippen LogP contribution in [0.4, 0.5) is 0 Å². The van der Waals surface area contributed by atoms with E-state index in [9.17, 15) is 9.59 Å². The lowest BCUT2D eigenvalue weighted by Crippen LogP contribution is -2.35. The van der Waals surface area contributed by atoms with Gasteiger partial charge in [-0.05, 0) is 24.3 Å². The molecule has 0 aliphatic heterocycles. The molecule has 1 atom stereocenters. The maximum Gasteiger partial charge on any atom is 0.306 e. The Labute approximate surface area is 159 Å². The summed E-state index contributed by atoms with van der Waals surface area (Å²) in [5.74, 6) is -0.599. The van der Waals surface area contributed by atoms with E-state index in [1.807, 2.05) is 44.2 Å². The van der Waals surface area contributed by atoms with Crippen molar-refractivity contribution in [1.29, 1.82) is 0 Å². The van der Waals surface area contributed by atoms with Gasteiger partial charge in [-0.1, -0.05) is 89.6 Å². The van der Waals surface area contributed by atoms with Crippen LogP contribution in [0.15, 0.2) is 30.3 Å². The van der Waals surface area contributed by atoms with Gasteiger partial charge in [-0.3, -0.25) is 9.59 Å². The van der Waals surface area contributed by atoms with Gasteiger partial charge < -0.3 is 4.74 Å². The molecule has 1 unspecified atom stereocenters. The molecule has 1 aromatic carbocycles. The van der Waals surface area contributed by atoms with Crippen molar-refractivity contribution in [3.8, 4) is 0 Å². The number of carbonyl (C=O) groups is 2. The highest BCUT2D eigenvalue weighted by Crippen LogP contribution is 2.34. The van der Waals surface area contributed by atoms with Crippen molar-refractivity contribution in [1.82, 2.24) is 0 Å². The number of hydrogen-bond donors (Lipinski definition) is 0. The zero-order chi connectivity index (χ0) is 19.4. The highest BCUT2D eigenvalue weighted by molar-refractivity contribution is 5.85. The minimum Gasteiger partial charge on any atom is -0.466 e. The SMILES string of the molecule is CCCCCCCCCOC(=O)CC(C(C)=O)C(C)(C)c1ccccc1. The van der Waals surface area contributed by atoms with E-state index in [4.69, 9.17) is 4.74 Å². The van der Waals surface area contributed by atoms with Crippen LogP contribution in [0.3, 0.4) is 0 Å². The second kappa shape index (κ2) is 11.9. The van der Waals surface area contributed by atoms with E-state index in [1.165, 1.54) is 32.1 Å². The third-order valence-corrected chi connectivity index (χ3v) is 5.26. The minimum absolute atomic E-state index is 0.0340. The summed E-state index contributed by atoms with van der Waals surface area (Å²) in [5.41, 5.74) is 0.672. The van der Waals surface area contributed by atoms with Crippen LogP contribution >= 0.6 is 0 Å². The molecular weight excluding hydrogens is 324 g/mol. The molecule has 0 fully saturated rings. The molecule has 0 saturated carbocycles. The fourth-order valence-electron chi connectivity index (χ4n) is 3.45. The lowest BCUT2D eigenvalue weighted by molar-refractivity contribution is -0.147. The van der Waals surface area contributed by atoms with Gasteiger partial charge in [0.1, 0.15) is 5.78 Å². The van der Waals surface area contributed by atoms with Crippen LogP contribution in [0.25, 0.3) is 0 Å². The summed E-state index contributed by atoms with van der Waals surface area (Å²) in [6.45, 7) is 8.30. The molecule has 0 aromatic heterocycles. The maximum absolute atomic E-state index is 12.2. The highest BCUT2D eigenvalue weighted by atomic mass is 16.5. The van der Waals surface area contributed by atoms with Crippen molar-refractivity contribution >= 4 is 11.8 Å². The Hall–Kier alpha value is -1.64. The van der Waals surface area contributed by atoms with Gasteiger partial charge in [0.25, 0.3) is 0 Å². The third kappa shape index (κ3) is 7.72. The second-order valence-corrected chi connectivity index (χ2v) is 7.80. The van der Waals surface area contributed by atoms with E-state index in [-0.39, 0.29) is 24.1 Å². The first-order chi connectivity index (χ1) is 12.4. The summed E-state index contributed by atoms with van der Waals surface area (Å²) < 4.78 is 5.39. The van der Waals surface area contributed by atoms with Gasteiger partial charge in [-0.25, -0.2) is 0 Å². The molecule has 0 spiro atoms. The van der Waals surface area contributed by atoms with Crippen LogP contribution < -0.4 is 0 Å². The van der Waals surface area contributed by atoms with Crippen molar-refractivity contribution in [2.45, 2.75) is 84.5 Å². The first-order valence-electron chi connectivity index (χ1n) is 10.1. The lowest BCUT2D eigenvalue weighted by atomic mass is 9.70. The van der Waals surface area contributed by atoms with Gasteiger partial charge in [-0.2, -0.15) is 0 Å². The fraction of sp³-hybridized carbons (Fsp3) is 0.652. The molecular formula is C23H36O3. The summed E-state index contributed by atoms with van der Waals surface area (Å²) in [5, 5.41) is 0. The van der Waals surface area contributed by atoms with Gasteiger partial charge in [0, 0.05) is 5.92 Å². The first kappa shape index (κ1) is 22.4. The first-order valence-corrected chi connectivity index (χ1v) is 10.1. The summed E-state index contributed by atoms with van der Waals surface area (Å²) in [4.78, 5) is 24.4. The van der Waals surface area contributed by atoms with E-state index in [2.05, 4.69) is 6.92 Å². The van der Waals surface area contributed by atoms with Crippen molar-refractivity contribution in [2.75, 3.05) is 6.61 Å². The van der Waals surface area contributed by atoms with E-state index >= 15 is 0 Å². The number of unbranched alkanes of at least 4 members (excludes halogenated alkanes) is 6. The van der Waals surface area contributed by atoms with Crippen LogP contribution in [0.5, 0.6) is 0 Å². The number of hydrogen-bond acceptors (Lipinski definition) is 3. The number of ketones is 1. The topological polar surface area (TPSA) is 43.4 Å². The summed E-state index contributed by atoms with van der Waals surface area (Å²) >= 11 is 0. The van der Waals surface area contributed by atoms with Gasteiger partial charge in [0.05, 0.1) is 13.0 Å². The zero-order valence-electron chi connectivity index (χ0n) is 17.1. The van der Waals surface area contributed by atoms with E-state index < -0.39 is 5.41 Å². The number of carbonyl (C=O) groups excluding carboxylic acids is 2. The Balaban J connectivity index is 2.43. The molecule has 0 bridgehead atoms. The van der Waals surface area contributed by atoms with Crippen molar-refractivity contribution in [3.05, 3.63) is 35.9 Å². The summed E-state index contributed by atoms with van der Waals surface area (Å²) in [7, 11) is 0. The number of benzene rings is 1. The molecule has 3 heteroatoms. The molecule has 0 amide bonds. The number of Topliss-reactive ketones (excluding diaryl/α,β-unsaturated/α-hetero) is 1. The van der Waals surface area contributed by atoms with Crippen LogP contribution in [-0.2, 0) is 19.7 Å². The Morgan fingerprint density at radius 1 is 0.962 bits per heavy atom. The molecule has 26 heavy (non-hydrogen) atoms. The molecule has 0 aliphatic carbocycles. The van der Waals surface area contributed by atoms with Crippen molar-refractivity contribution in [2.24, 2.45) is 5.92 Å². The van der Waals surface area contributed by atoms with Crippen LogP contribution in [0, 0.1) is 5.92 Å². The molecule has 0 saturated heterocycles. The predicted molar refractivity (Wildman–Crippen MR) is 107 cm³/mol. The third-order valence-electron chi connectivity index (χ3n) is 5.26. The molecule has 1 aromatic rings. The molecule has 146 valence electrons. The van der Waals surface area contributed by atoms with Gasteiger partial charge in [0.2, 0.25) is 0 Å². The van der Waals surface area contributed by atoms with Crippen molar-refractivity contribution < 1.29 is 14.3 Å². The molecule has 0 N–H and O–H groups in total. The minimum atomic E-state index is -0.397. The lowest BCUT2D eigenvalue weighted by Gasteiger charge is -2.32. The van der Waals surface area contributed by atoms with E-state index in [1.54, 1.807) is 6.92 Å². The van der Waals surface area contributed by atoms with Crippen molar-refractivity contribution in [3.63, 3.8) is 0 Å². The number of rotatable bonds is 13. The zero-order valence-corrected chi connectivity index (χ0v) is 17.1. The largest absolute Gasteiger partial charge is 0.466 e. The average Bonchev–Trinajstić information content (AvgIpc) is 2.62. The normalized spacial score (nSPS) is 12.6. The fourth-order valence-corrected chi connectivity index (χ4v) is 3.45. The second-order valence-electron chi connectivity index (χ2n) is 7.80. The Kier molecular flexibility index (Phi) is 10.2. The Morgan fingerprint density at radius 2 is 1.54 bits per heavy atom. The molecule has 0 radical (unpaired) electrons. The van der Waals surface area contributed by atoms with Crippen LogP contribution in [0.1, 0.15) is 84.6 Å². The predicted octanol–water partition coefficient (Wildman–Crippen LogP) is 5.85. The molecule has 0 aliphatic rings. The number of ether oxygens (including phenoxy) is 1. The molecule has 1 rings (SSSR count). The Morgan fingerprint density at radius 3 is 2.12 bits per heavy atom. The van der Waals surface area contributed by atoms with Gasteiger partial charge in [-0.15, -0.1) is 0 Å². The van der Waals surface area contributed by atoms with Crippen LogP contribution in [0.2, 0.25) is 0 Å². The van der Waals surface area contributed by atoms with Gasteiger partial charge >= 0.3 is 5.97 Å². The molecule has 0 heterocycles. The quantitative estimate of drug-likeness (QED) is 0.327. The maximum atomic E-state index is 12.2. The summed E-state index contributed by atoms with van der Waals surface area (Å²) in [6.07, 6.45) is 8.48. The number of esters is 1. The molecule has 3 nitrogen and oxygen atoms in total. The highest BCUT2D eigenvalue weighted by Gasteiger charge is 2.36. The van der Waals surface area contributed by atoms with Gasteiger partial charge in [0.15, 0.2) is 0 Å². The van der Waals surface area contributed by atoms with Crippen LogP contribution in [-0.4, -0.2) is 18.4 Å². The van der Waals surface area contributed by atoms with E-state index in [0.29, 0.717) is 6.61 Å². The smallest absolute Gasteiger partial charge is 0.306 e.